The third kappa shape index (κ3) is 10.7. The first kappa shape index (κ1) is 61.0. The molecule has 8 aromatic heterocycles. The minimum atomic E-state index is -0.186. The molecule has 460 valence electrons. The van der Waals surface area contributed by atoms with Gasteiger partial charge in [0.2, 0.25) is 0 Å². The summed E-state index contributed by atoms with van der Waals surface area (Å²) < 4.78 is 2.46. The summed E-state index contributed by atoms with van der Waals surface area (Å²) in [4.78, 5) is 75.6. The van der Waals surface area contributed by atoms with Crippen LogP contribution in [0.5, 0.6) is 0 Å². The van der Waals surface area contributed by atoms with E-state index in [4.69, 9.17) is 0 Å². The predicted octanol–water partition coefficient (Wildman–Crippen LogP) is 20.1. The number of carbonyl (C=O) groups excluding carboxylic acids is 4. The van der Waals surface area contributed by atoms with Crippen LogP contribution in [0.1, 0.15) is 204 Å². The van der Waals surface area contributed by atoms with Crippen LogP contribution in [0.4, 0.5) is 0 Å². The average Bonchev–Trinajstić information content (AvgIpc) is 1.58. The highest BCUT2D eigenvalue weighted by molar-refractivity contribution is 7.19. The van der Waals surface area contributed by atoms with Crippen molar-refractivity contribution in [2.75, 3.05) is 0 Å². The Hall–Kier alpha value is -9.88. The fraction of sp³-hybridized carbons (Fsp3) is 0.200. The molecule has 6 aromatic carbocycles. The van der Waals surface area contributed by atoms with Gasteiger partial charge < -0.3 is 29.9 Å². The van der Waals surface area contributed by atoms with Crippen LogP contribution < -0.4 is 0 Å². The molecular weight excluding hydrogens is 1170 g/mol. The van der Waals surface area contributed by atoms with E-state index in [1.165, 1.54) is 40.7 Å². The number of aromatic amines is 6. The summed E-state index contributed by atoms with van der Waals surface area (Å²) in [7, 11) is 0. The summed E-state index contributed by atoms with van der Waals surface area (Å²) in [6.07, 6.45) is 0. The molecule has 8 heterocycles. The molecule has 0 fully saturated rings. The lowest BCUT2D eigenvalue weighted by Gasteiger charge is -2.21. The lowest BCUT2D eigenvalue weighted by atomic mass is 9.86. The molecule has 14 aromatic rings. The van der Waals surface area contributed by atoms with Crippen molar-refractivity contribution in [2.45, 2.75) is 107 Å². The topological polar surface area (TPSA) is 163 Å². The number of H-pyrrole nitrogens is 6. The van der Waals surface area contributed by atoms with Gasteiger partial charge in [-0.05, 0) is 197 Å². The van der Waals surface area contributed by atoms with Gasteiger partial charge in [0.1, 0.15) is 0 Å². The third-order valence-electron chi connectivity index (χ3n) is 18.9. The number of carbonyl (C=O) groups is 4. The van der Waals surface area contributed by atoms with E-state index in [0.717, 1.165) is 135 Å². The zero-order valence-electron chi connectivity index (χ0n) is 53.9. The number of nitrogens with one attached hydrogen (secondary N) is 6. The van der Waals surface area contributed by atoms with Gasteiger partial charge in [0.05, 0.1) is 23.7 Å². The zero-order valence-corrected chi connectivity index (χ0v) is 55.6. The molecule has 0 radical (unpaired) electrons. The van der Waals surface area contributed by atoms with Gasteiger partial charge in [0, 0.05) is 110 Å². The Bertz CT molecular complexity index is 4840. The quantitative estimate of drug-likeness (QED) is 0.0531. The number of benzene rings is 6. The van der Waals surface area contributed by atoms with Crippen LogP contribution in [0.15, 0.2) is 170 Å². The molecule has 0 aliphatic rings. The number of thiophene rings is 2. The van der Waals surface area contributed by atoms with Gasteiger partial charge in [-0.2, -0.15) is 0 Å². The number of fused-ring (bicyclic) bond motifs is 4. The van der Waals surface area contributed by atoms with E-state index in [9.17, 15) is 19.2 Å². The van der Waals surface area contributed by atoms with Crippen molar-refractivity contribution >= 4 is 87.5 Å². The van der Waals surface area contributed by atoms with Crippen molar-refractivity contribution in [3.63, 3.8) is 0 Å². The van der Waals surface area contributed by atoms with Crippen LogP contribution in [0.25, 0.3) is 41.7 Å². The average molecular weight is 1250 g/mol. The number of ketones is 4. The lowest BCUT2D eigenvalue weighted by Crippen LogP contribution is -2.10. The Labute approximate surface area is 543 Å². The van der Waals surface area contributed by atoms with Crippen LogP contribution in [-0.4, -0.2) is 53.0 Å². The summed E-state index contributed by atoms with van der Waals surface area (Å²) >= 11 is 3.57. The maximum Gasteiger partial charge on any atom is 0.161 e. The Morgan fingerprint density at radius 1 is 0.304 bits per heavy atom. The maximum absolute atomic E-state index is 12.8. The molecule has 0 aliphatic carbocycles. The second-order valence-electron chi connectivity index (χ2n) is 24.9. The molecule has 0 amide bonds. The second kappa shape index (κ2) is 24.4. The van der Waals surface area contributed by atoms with Gasteiger partial charge in [0.15, 0.2) is 23.1 Å². The second-order valence-corrected chi connectivity index (χ2v) is 27.1. The van der Waals surface area contributed by atoms with Crippen LogP contribution >= 0.6 is 22.7 Å². The maximum atomic E-state index is 12.8. The van der Waals surface area contributed by atoms with E-state index < -0.39 is 0 Å². The third-order valence-corrected chi connectivity index (χ3v) is 21.3. The molecule has 0 saturated carbocycles. The molecule has 4 atom stereocenters. The fourth-order valence-corrected chi connectivity index (χ4v) is 17.4. The smallest absolute Gasteiger partial charge is 0.161 e. The monoisotopic (exact) mass is 1250 g/mol. The van der Waals surface area contributed by atoms with Crippen molar-refractivity contribution in [2.24, 2.45) is 0 Å². The molecule has 0 spiro atoms. The van der Waals surface area contributed by atoms with Gasteiger partial charge in [-0.15, -0.1) is 22.7 Å². The highest BCUT2D eigenvalue weighted by atomic mass is 32.1. The molecule has 0 saturated heterocycles. The molecule has 0 bridgehead atoms. The molecule has 14 rings (SSSR count). The van der Waals surface area contributed by atoms with Gasteiger partial charge in [-0.1, -0.05) is 121 Å². The first-order chi connectivity index (χ1) is 44.3. The summed E-state index contributed by atoms with van der Waals surface area (Å²) in [6.45, 7) is 22.7. The minimum Gasteiger partial charge on any atom is -0.361 e. The van der Waals surface area contributed by atoms with E-state index in [0.29, 0.717) is 0 Å². The summed E-state index contributed by atoms with van der Waals surface area (Å²) in [6, 6.07) is 60.0. The molecule has 12 heteroatoms. The lowest BCUT2D eigenvalue weighted by molar-refractivity contribution is 0.100. The molecule has 10 nitrogen and oxygen atoms in total. The molecule has 92 heavy (non-hydrogen) atoms. The first-order valence-corrected chi connectivity index (χ1v) is 33.0. The van der Waals surface area contributed by atoms with Crippen LogP contribution in [0.2, 0.25) is 0 Å². The summed E-state index contributed by atoms with van der Waals surface area (Å²) in [5.41, 5.74) is 21.0. The van der Waals surface area contributed by atoms with Crippen LogP contribution in [-0.2, 0) is 0 Å². The van der Waals surface area contributed by atoms with Crippen molar-refractivity contribution < 1.29 is 19.2 Å². The first-order valence-electron chi connectivity index (χ1n) is 31.4. The van der Waals surface area contributed by atoms with Crippen molar-refractivity contribution in [1.82, 2.24) is 29.9 Å². The standard InChI is InChI=1S/C42H39N3O2.C38H35N3O2S2/c1-23-37(27(5)46)25(3)43-41(23)39(33-19-11-15-29-13-7-9-17-31(29)33)35-21-22-36(45-35)40(42-24(2)38(28(6)47)26(4)44-42)34-20-12-16-30-14-8-10-18-32(30)34;1-19-33(23(5)42)21(3)39-37(19)35(31-17-25-11-7-9-13-29(25)44-31)27-15-16-28(41-27)36(32-18-26-12-8-10-14-30(26)45-32)38-20(2)34(24(6)43)22(4)40-38/h7-22,39-40,43-45H,1-6H3;7-18,35-36,39-41H,1-6H3. The minimum absolute atomic E-state index is 0.0567. The normalized spacial score (nSPS) is 13.0. The highest BCUT2D eigenvalue weighted by Crippen LogP contribution is 2.46. The number of aromatic nitrogens is 6. The summed E-state index contributed by atoms with van der Waals surface area (Å²) in [5, 5.41) is 7.08. The molecule has 4 unspecified atom stereocenters. The number of hydrogen-bond acceptors (Lipinski definition) is 6. The molecule has 6 N–H and O–H groups in total. The Balaban J connectivity index is 0.000000168. The van der Waals surface area contributed by atoms with E-state index in [1.807, 2.05) is 55.4 Å². The van der Waals surface area contributed by atoms with Crippen molar-refractivity contribution in [1.29, 1.82) is 0 Å². The largest absolute Gasteiger partial charge is 0.361 e. The Morgan fingerprint density at radius 2 is 0.576 bits per heavy atom. The van der Waals surface area contributed by atoms with Gasteiger partial charge in [-0.3, -0.25) is 19.2 Å². The van der Waals surface area contributed by atoms with Crippen molar-refractivity contribution in [3.05, 3.63) is 304 Å². The fourth-order valence-electron chi connectivity index (χ4n) is 15.0. The van der Waals surface area contributed by atoms with Crippen LogP contribution in [0.3, 0.4) is 0 Å². The number of Topliss-reactive ketones (excluding diaryl/α,β-unsaturated/α-hetero) is 4. The van der Waals surface area contributed by atoms with Gasteiger partial charge in [0.25, 0.3) is 0 Å². The van der Waals surface area contributed by atoms with Gasteiger partial charge >= 0.3 is 0 Å². The van der Waals surface area contributed by atoms with Gasteiger partial charge in [-0.25, -0.2) is 0 Å². The van der Waals surface area contributed by atoms with E-state index >= 15 is 0 Å². The Kier molecular flexibility index (Phi) is 16.2. The van der Waals surface area contributed by atoms with E-state index in [2.05, 4.69) is 200 Å². The molecular formula is C80H74N6O4S2. The SMILES string of the molecule is CC(=O)c1c(C)[nH]c(C(c2ccc(C(c3[nH]c(C)c(C(C)=O)c3C)c3cccc4ccccc34)[nH]2)c2cccc3ccccc23)c1C.CC(=O)c1c(C)[nH]c(C(c2ccc(C(c3cc4ccccc4s3)c3[nH]c(C)c(C(C)=O)c3C)[nH]2)c2cc3ccccc3s2)c1C. The van der Waals surface area contributed by atoms with E-state index in [-0.39, 0.29) is 46.8 Å². The Morgan fingerprint density at radius 3 is 0.880 bits per heavy atom. The predicted molar refractivity (Wildman–Crippen MR) is 378 cm³/mol. The highest BCUT2D eigenvalue weighted by Gasteiger charge is 2.34. The van der Waals surface area contributed by atoms with Crippen LogP contribution in [0, 0.1) is 55.4 Å². The zero-order chi connectivity index (χ0) is 64.5. The number of hydrogen-bond donors (Lipinski definition) is 6. The van der Waals surface area contributed by atoms with E-state index in [1.54, 1.807) is 50.4 Å². The summed E-state index contributed by atoms with van der Waals surface area (Å²) in [5.74, 6) is -0.363. The molecule has 0 aliphatic heterocycles. The van der Waals surface area contributed by atoms with Crippen molar-refractivity contribution in [3.8, 4) is 0 Å². The number of aryl methyl sites for hydroxylation is 4. The number of rotatable bonds is 16.